The molecule has 10 heteroatoms. The maximum atomic E-state index is 13.3. The van der Waals surface area contributed by atoms with Crippen LogP contribution in [0.25, 0.3) is 10.9 Å². The molecule has 0 aliphatic carbocycles. The minimum absolute atomic E-state index is 0.0635. The number of carbonyl (C=O) groups is 3. The molecule has 0 saturated heterocycles. The van der Waals surface area contributed by atoms with Crippen molar-refractivity contribution in [3.8, 4) is 5.75 Å². The molecule has 0 aliphatic heterocycles. The molecule has 3 aromatic rings. The van der Waals surface area contributed by atoms with Crippen LogP contribution in [0.3, 0.4) is 0 Å². The van der Waals surface area contributed by atoms with Crippen LogP contribution in [0.5, 0.6) is 5.75 Å². The van der Waals surface area contributed by atoms with Gasteiger partial charge in [0.2, 0.25) is 0 Å². The number of fused-ring (bicyclic) bond motifs is 1. The SMILES string of the molecule is COC(=O)c1cc2c(Br)c(NC(=O)OC(C)(C)C)cc(OCc3ccccc3)c2n1C(=O)OC(C)(C)C. The number of nitrogens with one attached hydrogen (secondary N) is 1. The normalized spacial score (nSPS) is 11.7. The Kier molecular flexibility index (Phi) is 8.22. The van der Waals surface area contributed by atoms with Crippen molar-refractivity contribution in [1.82, 2.24) is 4.57 Å². The zero-order valence-corrected chi connectivity index (χ0v) is 23.5. The van der Waals surface area contributed by atoms with Crippen LogP contribution in [-0.2, 0) is 20.8 Å². The molecule has 0 fully saturated rings. The van der Waals surface area contributed by atoms with Gasteiger partial charge < -0.3 is 18.9 Å². The molecule has 1 N–H and O–H groups in total. The first-order chi connectivity index (χ1) is 17.2. The number of benzene rings is 2. The van der Waals surface area contributed by atoms with Crippen LogP contribution in [0.4, 0.5) is 15.3 Å². The number of amides is 1. The van der Waals surface area contributed by atoms with E-state index in [4.69, 9.17) is 18.9 Å². The Bertz CT molecular complexity index is 1320. The van der Waals surface area contributed by atoms with Gasteiger partial charge in [-0.2, -0.15) is 0 Å². The lowest BCUT2D eigenvalue weighted by Crippen LogP contribution is -2.29. The van der Waals surface area contributed by atoms with Gasteiger partial charge in [0.25, 0.3) is 0 Å². The molecule has 0 spiro atoms. The van der Waals surface area contributed by atoms with E-state index in [2.05, 4.69) is 21.2 Å². The summed E-state index contributed by atoms with van der Waals surface area (Å²) in [5.74, 6) is -0.515. The molecule has 2 aromatic carbocycles. The Morgan fingerprint density at radius 2 is 1.57 bits per heavy atom. The Morgan fingerprint density at radius 3 is 2.14 bits per heavy atom. The first kappa shape index (κ1) is 28.0. The van der Waals surface area contributed by atoms with Crippen molar-refractivity contribution in [1.29, 1.82) is 0 Å². The summed E-state index contributed by atoms with van der Waals surface area (Å²) in [6, 6.07) is 12.5. The van der Waals surface area contributed by atoms with Crippen molar-refractivity contribution in [3.05, 3.63) is 58.2 Å². The van der Waals surface area contributed by atoms with Gasteiger partial charge in [-0.3, -0.25) is 5.32 Å². The highest BCUT2D eigenvalue weighted by molar-refractivity contribution is 9.10. The van der Waals surface area contributed by atoms with E-state index in [1.807, 2.05) is 30.3 Å². The van der Waals surface area contributed by atoms with E-state index in [0.29, 0.717) is 15.5 Å². The van der Waals surface area contributed by atoms with Crippen molar-refractivity contribution in [2.24, 2.45) is 0 Å². The number of anilines is 1. The number of ether oxygens (including phenoxy) is 4. The molecule has 198 valence electrons. The van der Waals surface area contributed by atoms with Crippen molar-refractivity contribution in [3.63, 3.8) is 0 Å². The maximum Gasteiger partial charge on any atom is 0.419 e. The van der Waals surface area contributed by atoms with Gasteiger partial charge in [0.1, 0.15) is 34.8 Å². The average molecular weight is 575 g/mol. The highest BCUT2D eigenvalue weighted by Gasteiger charge is 2.30. The minimum atomic E-state index is -0.832. The third-order valence-corrected chi connectivity index (χ3v) is 5.68. The maximum absolute atomic E-state index is 13.3. The van der Waals surface area contributed by atoms with Crippen LogP contribution in [0.15, 0.2) is 46.9 Å². The first-order valence-electron chi connectivity index (χ1n) is 11.6. The molecule has 0 saturated carbocycles. The van der Waals surface area contributed by atoms with E-state index in [0.717, 1.165) is 10.1 Å². The number of rotatable bonds is 5. The number of hydrogen-bond donors (Lipinski definition) is 1. The third-order valence-electron chi connectivity index (χ3n) is 4.83. The van der Waals surface area contributed by atoms with Crippen LogP contribution in [-0.4, -0.2) is 41.0 Å². The number of carbonyl (C=O) groups excluding carboxylic acids is 3. The molecule has 0 atom stereocenters. The molecule has 3 rings (SSSR count). The first-order valence-corrected chi connectivity index (χ1v) is 12.4. The van der Waals surface area contributed by atoms with Crippen LogP contribution in [0.2, 0.25) is 0 Å². The van der Waals surface area contributed by atoms with Crippen LogP contribution in [0, 0.1) is 0 Å². The number of hydrogen-bond acceptors (Lipinski definition) is 7. The number of methoxy groups -OCH3 is 1. The summed E-state index contributed by atoms with van der Waals surface area (Å²) >= 11 is 3.51. The number of esters is 1. The highest BCUT2D eigenvalue weighted by atomic mass is 79.9. The quantitative estimate of drug-likeness (QED) is 0.261. The fourth-order valence-electron chi connectivity index (χ4n) is 3.43. The molecule has 1 heterocycles. The zero-order chi connectivity index (χ0) is 27.5. The predicted octanol–water partition coefficient (Wildman–Crippen LogP) is 6.90. The molecule has 9 nitrogen and oxygen atoms in total. The van der Waals surface area contributed by atoms with E-state index in [-0.39, 0.29) is 23.6 Å². The summed E-state index contributed by atoms with van der Waals surface area (Å²) in [6.45, 7) is 10.6. The minimum Gasteiger partial charge on any atom is -0.487 e. The van der Waals surface area contributed by atoms with E-state index in [9.17, 15) is 14.4 Å². The summed E-state index contributed by atoms with van der Waals surface area (Å²) < 4.78 is 23.6. The van der Waals surface area contributed by atoms with Crippen LogP contribution in [0.1, 0.15) is 57.6 Å². The number of halogens is 1. The summed E-state index contributed by atoms with van der Waals surface area (Å²) in [4.78, 5) is 38.6. The molecule has 0 radical (unpaired) electrons. The summed E-state index contributed by atoms with van der Waals surface area (Å²) in [7, 11) is 1.22. The van der Waals surface area contributed by atoms with E-state index < -0.39 is 29.4 Å². The molecule has 0 aliphatic rings. The van der Waals surface area contributed by atoms with Crippen molar-refractivity contribution in [2.75, 3.05) is 12.4 Å². The van der Waals surface area contributed by atoms with Crippen molar-refractivity contribution in [2.45, 2.75) is 59.4 Å². The van der Waals surface area contributed by atoms with E-state index in [1.165, 1.54) is 13.2 Å². The summed E-state index contributed by atoms with van der Waals surface area (Å²) in [5.41, 5.74) is -0.141. The molecule has 0 unspecified atom stereocenters. The highest BCUT2D eigenvalue weighted by Crippen LogP contribution is 2.41. The van der Waals surface area contributed by atoms with Crippen molar-refractivity contribution >= 4 is 50.7 Å². The van der Waals surface area contributed by atoms with Gasteiger partial charge >= 0.3 is 18.2 Å². The van der Waals surface area contributed by atoms with Gasteiger partial charge in [-0.05, 0) is 69.1 Å². The molecule has 1 amide bonds. The number of aromatic nitrogens is 1. The van der Waals surface area contributed by atoms with Crippen LogP contribution >= 0.6 is 15.9 Å². The fraction of sp³-hybridized carbons (Fsp3) is 0.370. The third kappa shape index (κ3) is 7.03. The predicted molar refractivity (Wildman–Crippen MR) is 143 cm³/mol. The van der Waals surface area contributed by atoms with Crippen LogP contribution < -0.4 is 10.1 Å². The Balaban J connectivity index is 2.22. The largest absolute Gasteiger partial charge is 0.487 e. The standard InChI is InChI=1S/C27H31BrN2O7/c1-26(2,3)36-24(32)29-18-14-20(35-15-16-11-9-8-10-12-16)22-17(21(18)28)13-19(23(31)34-7)30(22)25(33)37-27(4,5)6/h8-14H,15H2,1-7H3,(H,29,32). The van der Waals surface area contributed by atoms with Gasteiger partial charge in [-0.15, -0.1) is 0 Å². The van der Waals surface area contributed by atoms with Gasteiger partial charge in [0, 0.05) is 11.5 Å². The van der Waals surface area contributed by atoms with Gasteiger partial charge in [-0.25, -0.2) is 19.0 Å². The second-order valence-corrected chi connectivity index (χ2v) is 11.0. The summed E-state index contributed by atoms with van der Waals surface area (Å²) in [6.07, 6.45) is -1.46. The molecular formula is C27H31BrN2O7. The van der Waals surface area contributed by atoms with Gasteiger partial charge in [0.05, 0.1) is 17.3 Å². The smallest absolute Gasteiger partial charge is 0.419 e. The Labute approximate surface area is 224 Å². The van der Waals surface area contributed by atoms with Gasteiger partial charge in [0.15, 0.2) is 0 Å². The lowest BCUT2D eigenvalue weighted by Gasteiger charge is -2.22. The molecule has 1 aromatic heterocycles. The monoisotopic (exact) mass is 574 g/mol. The van der Waals surface area contributed by atoms with E-state index >= 15 is 0 Å². The molecule has 0 bridgehead atoms. The van der Waals surface area contributed by atoms with E-state index in [1.54, 1.807) is 47.6 Å². The average Bonchev–Trinajstić information content (AvgIpc) is 3.19. The Hall–Kier alpha value is -3.53. The summed E-state index contributed by atoms with van der Waals surface area (Å²) in [5, 5.41) is 3.13. The second kappa shape index (κ2) is 10.8. The lowest BCUT2D eigenvalue weighted by atomic mass is 10.2. The van der Waals surface area contributed by atoms with Gasteiger partial charge in [-0.1, -0.05) is 30.3 Å². The fourth-order valence-corrected chi connectivity index (χ4v) is 3.95. The zero-order valence-electron chi connectivity index (χ0n) is 21.9. The van der Waals surface area contributed by atoms with Crippen molar-refractivity contribution < 1.29 is 33.3 Å². The lowest BCUT2D eigenvalue weighted by molar-refractivity contribution is 0.0489. The second-order valence-electron chi connectivity index (χ2n) is 10.2. The molecular weight excluding hydrogens is 544 g/mol. The number of nitrogens with zero attached hydrogens (tertiary/aromatic N) is 1. The topological polar surface area (TPSA) is 105 Å². The molecule has 37 heavy (non-hydrogen) atoms. The Morgan fingerprint density at radius 1 is 0.946 bits per heavy atom.